The molecule has 0 aliphatic rings. The van der Waals surface area contributed by atoms with Crippen molar-refractivity contribution in [1.82, 2.24) is 0 Å². The van der Waals surface area contributed by atoms with Gasteiger partial charge in [-0.2, -0.15) is 0 Å². The summed E-state index contributed by atoms with van der Waals surface area (Å²) in [6.45, 7) is 8.54. The maximum absolute atomic E-state index is 10.9. The molecule has 0 saturated carbocycles. The Hall–Kier alpha value is -0.330. The van der Waals surface area contributed by atoms with Gasteiger partial charge in [-0.1, -0.05) is 59.3 Å². The summed E-state index contributed by atoms with van der Waals surface area (Å²) < 4.78 is 0. The molecule has 0 saturated heterocycles. The van der Waals surface area contributed by atoms with Crippen LogP contribution < -0.4 is 0 Å². The summed E-state index contributed by atoms with van der Waals surface area (Å²) in [7, 11) is 0. The highest BCUT2D eigenvalue weighted by Crippen LogP contribution is 2.29. The Balaban J connectivity index is 3.46. The van der Waals surface area contributed by atoms with Gasteiger partial charge >= 0.3 is 0 Å². The van der Waals surface area contributed by atoms with E-state index >= 15 is 0 Å². The molecule has 0 amide bonds. The van der Waals surface area contributed by atoms with Crippen LogP contribution in [0.3, 0.4) is 0 Å². The van der Waals surface area contributed by atoms with Crippen molar-refractivity contribution in [3.05, 3.63) is 0 Å². The maximum atomic E-state index is 10.9. The van der Waals surface area contributed by atoms with Gasteiger partial charge in [0.1, 0.15) is 5.78 Å². The summed E-state index contributed by atoms with van der Waals surface area (Å²) in [5.74, 6) is 0.330. The minimum absolute atomic E-state index is 0.330. The fourth-order valence-corrected chi connectivity index (χ4v) is 2.02. The molecule has 0 fully saturated rings. The third kappa shape index (κ3) is 10.2. The molecule has 16 heavy (non-hydrogen) atoms. The summed E-state index contributed by atoms with van der Waals surface area (Å²) in [6.07, 6.45) is 11.3. The molecule has 0 atom stereocenters. The number of unbranched alkanes of at least 4 members (excludes halogenated alkanes) is 5. The minimum atomic E-state index is 0.330. The lowest BCUT2D eigenvalue weighted by molar-refractivity contribution is -0.117. The van der Waals surface area contributed by atoms with Crippen LogP contribution in [-0.4, -0.2) is 5.78 Å². The van der Waals surface area contributed by atoms with E-state index in [4.69, 9.17) is 0 Å². The Morgan fingerprint density at radius 3 is 2.06 bits per heavy atom. The Morgan fingerprint density at radius 2 is 1.50 bits per heavy atom. The van der Waals surface area contributed by atoms with Crippen molar-refractivity contribution in [2.45, 2.75) is 85.5 Å². The molecule has 0 heterocycles. The molecule has 1 heteroatoms. The topological polar surface area (TPSA) is 17.1 Å². The summed E-state index contributed by atoms with van der Waals surface area (Å²) in [4.78, 5) is 10.9. The van der Waals surface area contributed by atoms with Crippen LogP contribution in [0.15, 0.2) is 0 Å². The van der Waals surface area contributed by atoms with Gasteiger partial charge in [0, 0.05) is 6.42 Å². The van der Waals surface area contributed by atoms with E-state index in [2.05, 4.69) is 20.8 Å². The van der Waals surface area contributed by atoms with Crippen LogP contribution in [0.4, 0.5) is 0 Å². The van der Waals surface area contributed by atoms with E-state index in [-0.39, 0.29) is 0 Å². The second-order valence-electron chi connectivity index (χ2n) is 5.88. The average Bonchev–Trinajstić information content (AvgIpc) is 2.21. The van der Waals surface area contributed by atoms with Crippen LogP contribution in [0.25, 0.3) is 0 Å². The highest BCUT2D eigenvalue weighted by atomic mass is 16.1. The van der Waals surface area contributed by atoms with Crippen molar-refractivity contribution >= 4 is 5.78 Å². The van der Waals surface area contributed by atoms with E-state index in [1.54, 1.807) is 6.92 Å². The van der Waals surface area contributed by atoms with Crippen LogP contribution in [-0.2, 0) is 4.79 Å². The highest BCUT2D eigenvalue weighted by Gasteiger charge is 2.17. The average molecular weight is 226 g/mol. The van der Waals surface area contributed by atoms with E-state index < -0.39 is 0 Å². The number of Topliss-reactive ketones (excluding diaryl/α,β-unsaturated/α-hetero) is 1. The van der Waals surface area contributed by atoms with E-state index in [0.29, 0.717) is 11.2 Å². The fraction of sp³-hybridized carbons (Fsp3) is 0.933. The lowest BCUT2D eigenvalue weighted by Crippen LogP contribution is -2.12. The standard InChI is InChI=1S/C15H30O/c1-5-6-7-8-9-10-12-15(3,4)13-11-14(2)16/h5-13H2,1-4H3. The summed E-state index contributed by atoms with van der Waals surface area (Å²) in [5, 5.41) is 0. The van der Waals surface area contributed by atoms with Crippen LogP contribution >= 0.6 is 0 Å². The molecule has 0 aliphatic carbocycles. The maximum Gasteiger partial charge on any atom is 0.129 e. The molecule has 0 spiro atoms. The first-order valence-corrected chi connectivity index (χ1v) is 6.97. The van der Waals surface area contributed by atoms with Crippen LogP contribution in [0.5, 0.6) is 0 Å². The van der Waals surface area contributed by atoms with Gasteiger partial charge in [0.2, 0.25) is 0 Å². The Bertz CT molecular complexity index is 182. The van der Waals surface area contributed by atoms with Crippen molar-refractivity contribution in [3.63, 3.8) is 0 Å². The minimum Gasteiger partial charge on any atom is -0.300 e. The molecule has 0 aromatic heterocycles. The van der Waals surface area contributed by atoms with Gasteiger partial charge in [0.05, 0.1) is 0 Å². The third-order valence-electron chi connectivity index (χ3n) is 3.36. The molecule has 96 valence electrons. The Labute approximate surface area is 102 Å². The number of rotatable bonds is 10. The summed E-state index contributed by atoms with van der Waals surface area (Å²) in [5.41, 5.74) is 0.358. The molecule has 0 rings (SSSR count). The van der Waals surface area contributed by atoms with Crippen LogP contribution in [0, 0.1) is 5.41 Å². The lowest BCUT2D eigenvalue weighted by Gasteiger charge is -2.23. The molecule has 0 unspecified atom stereocenters. The van der Waals surface area contributed by atoms with Gasteiger partial charge in [-0.25, -0.2) is 0 Å². The zero-order valence-electron chi connectivity index (χ0n) is 11.8. The van der Waals surface area contributed by atoms with Crippen LogP contribution in [0.1, 0.15) is 85.5 Å². The zero-order chi connectivity index (χ0) is 12.4. The second kappa shape index (κ2) is 8.78. The second-order valence-corrected chi connectivity index (χ2v) is 5.88. The van der Waals surface area contributed by atoms with Gasteiger partial charge in [-0.05, 0) is 25.2 Å². The normalized spacial score (nSPS) is 11.8. The third-order valence-corrected chi connectivity index (χ3v) is 3.36. The number of carbonyl (C=O) groups excluding carboxylic acids is 1. The van der Waals surface area contributed by atoms with Crippen molar-refractivity contribution in [2.24, 2.45) is 5.41 Å². The molecule has 0 radical (unpaired) electrons. The van der Waals surface area contributed by atoms with Crippen molar-refractivity contribution in [1.29, 1.82) is 0 Å². The van der Waals surface area contributed by atoms with Crippen molar-refractivity contribution in [2.75, 3.05) is 0 Å². The van der Waals surface area contributed by atoms with E-state index in [1.165, 1.54) is 44.9 Å². The largest absolute Gasteiger partial charge is 0.300 e. The molecule has 1 nitrogen and oxygen atoms in total. The van der Waals surface area contributed by atoms with Gasteiger partial charge in [0.15, 0.2) is 0 Å². The summed E-state index contributed by atoms with van der Waals surface area (Å²) in [6, 6.07) is 0. The van der Waals surface area contributed by atoms with E-state index in [9.17, 15) is 4.79 Å². The molecule has 0 aromatic carbocycles. The van der Waals surface area contributed by atoms with E-state index in [1.807, 2.05) is 0 Å². The number of hydrogen-bond acceptors (Lipinski definition) is 1. The molecule has 0 aromatic rings. The number of carbonyl (C=O) groups is 1. The van der Waals surface area contributed by atoms with E-state index in [0.717, 1.165) is 12.8 Å². The van der Waals surface area contributed by atoms with Gasteiger partial charge < -0.3 is 4.79 Å². The lowest BCUT2D eigenvalue weighted by atomic mass is 9.82. The van der Waals surface area contributed by atoms with Gasteiger partial charge in [-0.3, -0.25) is 0 Å². The molecular formula is C15H30O. The first-order chi connectivity index (χ1) is 7.48. The molecule has 0 bridgehead atoms. The van der Waals surface area contributed by atoms with Crippen LogP contribution in [0.2, 0.25) is 0 Å². The van der Waals surface area contributed by atoms with Gasteiger partial charge in [-0.15, -0.1) is 0 Å². The van der Waals surface area contributed by atoms with Gasteiger partial charge in [0.25, 0.3) is 0 Å². The monoisotopic (exact) mass is 226 g/mol. The molecule has 0 N–H and O–H groups in total. The predicted octanol–water partition coefficient (Wildman–Crippen LogP) is 5.13. The Morgan fingerprint density at radius 1 is 0.938 bits per heavy atom. The first kappa shape index (κ1) is 15.7. The van der Waals surface area contributed by atoms with Crippen molar-refractivity contribution in [3.8, 4) is 0 Å². The first-order valence-electron chi connectivity index (χ1n) is 6.97. The molecular weight excluding hydrogens is 196 g/mol. The Kier molecular flexibility index (Phi) is 8.60. The fourth-order valence-electron chi connectivity index (χ4n) is 2.02. The predicted molar refractivity (Wildman–Crippen MR) is 71.7 cm³/mol. The number of hydrogen-bond donors (Lipinski definition) is 0. The quantitative estimate of drug-likeness (QED) is 0.472. The zero-order valence-corrected chi connectivity index (χ0v) is 11.8. The molecule has 0 aliphatic heterocycles. The SMILES string of the molecule is CCCCCCCCC(C)(C)CCC(C)=O. The smallest absolute Gasteiger partial charge is 0.129 e. The highest BCUT2D eigenvalue weighted by molar-refractivity contribution is 5.75. The number of ketones is 1. The van der Waals surface area contributed by atoms with Crippen molar-refractivity contribution < 1.29 is 4.79 Å². The summed E-state index contributed by atoms with van der Waals surface area (Å²) >= 11 is 0.